The average Bonchev–Trinajstić information content (AvgIpc) is 3.09. The zero-order valence-electron chi connectivity index (χ0n) is 15.4. The first kappa shape index (κ1) is 21.2. The van der Waals surface area contributed by atoms with Gasteiger partial charge < -0.3 is 15.2 Å². The van der Waals surface area contributed by atoms with Crippen LogP contribution in [0.2, 0.25) is 0 Å². The van der Waals surface area contributed by atoms with Crippen molar-refractivity contribution in [2.45, 2.75) is 38.5 Å². The van der Waals surface area contributed by atoms with Crippen LogP contribution in [0, 0.1) is 11.8 Å². The van der Waals surface area contributed by atoms with Crippen molar-refractivity contribution >= 4 is 28.2 Å². The molecule has 2 aromatic rings. The molecule has 5 nitrogen and oxygen atoms in total. The van der Waals surface area contributed by atoms with E-state index >= 15 is 0 Å². The Labute approximate surface area is 169 Å². The van der Waals surface area contributed by atoms with Gasteiger partial charge in [0.2, 0.25) is 5.91 Å². The number of carbonyl (C=O) groups is 2. The normalized spacial score (nSPS) is 19.6. The lowest BCUT2D eigenvalue weighted by Gasteiger charge is -2.27. The molecule has 1 heterocycles. The molecule has 2 atom stereocenters. The summed E-state index contributed by atoms with van der Waals surface area (Å²) in [7, 11) is 0. The summed E-state index contributed by atoms with van der Waals surface area (Å²) in [6, 6.07) is 7.28. The summed E-state index contributed by atoms with van der Waals surface area (Å²) in [6.45, 7) is 0. The van der Waals surface area contributed by atoms with E-state index in [1.165, 1.54) is 35.6 Å². The topological polar surface area (TPSA) is 75.6 Å². The minimum absolute atomic E-state index is 0.0216. The molecule has 2 N–H and O–H groups in total. The Morgan fingerprint density at radius 2 is 1.90 bits per heavy atom. The van der Waals surface area contributed by atoms with Gasteiger partial charge in [-0.05, 0) is 54.5 Å². The number of carboxylic acid groups (broad SMARTS) is 1. The second-order valence-electron chi connectivity index (χ2n) is 7.09. The fraction of sp³-hybridized carbons (Fsp3) is 0.400. The smallest absolute Gasteiger partial charge is 0.481 e. The van der Waals surface area contributed by atoms with Gasteiger partial charge in [0.15, 0.2) is 0 Å². The number of halogens is 3. The summed E-state index contributed by atoms with van der Waals surface area (Å²) in [4.78, 5) is 23.4. The van der Waals surface area contributed by atoms with Gasteiger partial charge in [-0.1, -0.05) is 18.6 Å². The minimum atomic E-state index is -4.73. The molecule has 1 aliphatic carbocycles. The number of hydrogen-bond donors (Lipinski definition) is 2. The summed E-state index contributed by atoms with van der Waals surface area (Å²) in [5, 5.41) is 14.3. The summed E-state index contributed by atoms with van der Waals surface area (Å²) >= 11 is 1.33. The van der Waals surface area contributed by atoms with Crippen LogP contribution in [0.3, 0.4) is 0 Å². The molecular weight excluding hydrogens is 407 g/mol. The Kier molecular flexibility index (Phi) is 6.46. The van der Waals surface area contributed by atoms with Gasteiger partial charge in [0.05, 0.1) is 5.00 Å². The highest BCUT2D eigenvalue weighted by Gasteiger charge is 2.31. The molecule has 0 radical (unpaired) electrons. The van der Waals surface area contributed by atoms with Gasteiger partial charge in [0.1, 0.15) is 5.75 Å². The summed E-state index contributed by atoms with van der Waals surface area (Å²) in [5.41, 5.74) is 1.48. The third kappa shape index (κ3) is 6.22. The Balaban J connectivity index is 1.60. The summed E-state index contributed by atoms with van der Waals surface area (Å²) in [5.74, 6) is -1.45. The third-order valence-corrected chi connectivity index (χ3v) is 5.73. The lowest BCUT2D eigenvalue weighted by atomic mass is 9.79. The number of aliphatic carboxylic acids is 1. The number of hydrogen-bond acceptors (Lipinski definition) is 4. The van der Waals surface area contributed by atoms with E-state index in [-0.39, 0.29) is 29.9 Å². The van der Waals surface area contributed by atoms with Crippen molar-refractivity contribution in [2.24, 2.45) is 11.8 Å². The zero-order chi connectivity index (χ0) is 21.0. The lowest BCUT2D eigenvalue weighted by molar-refractivity contribution is -0.274. The molecule has 1 aliphatic rings. The first-order valence-electron chi connectivity index (χ1n) is 9.17. The van der Waals surface area contributed by atoms with Crippen molar-refractivity contribution in [3.05, 3.63) is 35.7 Å². The van der Waals surface area contributed by atoms with E-state index in [0.717, 1.165) is 24.8 Å². The van der Waals surface area contributed by atoms with E-state index in [2.05, 4.69) is 10.1 Å². The van der Waals surface area contributed by atoms with E-state index < -0.39 is 12.3 Å². The first-order chi connectivity index (χ1) is 13.7. The van der Waals surface area contributed by atoms with E-state index in [9.17, 15) is 22.8 Å². The van der Waals surface area contributed by atoms with Crippen LogP contribution in [0.1, 0.15) is 32.1 Å². The molecule has 3 rings (SSSR count). The summed E-state index contributed by atoms with van der Waals surface area (Å²) in [6.07, 6.45) is -1.69. The molecule has 2 unspecified atom stereocenters. The van der Waals surface area contributed by atoms with E-state index in [1.807, 2.05) is 5.38 Å². The number of ether oxygens (including phenoxy) is 1. The maximum absolute atomic E-state index is 12.5. The predicted molar refractivity (Wildman–Crippen MR) is 103 cm³/mol. The maximum Gasteiger partial charge on any atom is 0.573 e. The van der Waals surface area contributed by atoms with Crippen molar-refractivity contribution < 1.29 is 32.6 Å². The van der Waals surface area contributed by atoms with Crippen LogP contribution in [-0.2, 0) is 9.59 Å². The predicted octanol–water partition coefficient (Wildman–Crippen LogP) is 5.53. The number of carboxylic acids is 1. The molecule has 0 spiro atoms. The van der Waals surface area contributed by atoms with Crippen LogP contribution in [0.5, 0.6) is 5.75 Å². The molecule has 0 saturated heterocycles. The van der Waals surface area contributed by atoms with Crippen LogP contribution in [0.4, 0.5) is 18.2 Å². The van der Waals surface area contributed by atoms with Gasteiger partial charge in [-0.2, -0.15) is 0 Å². The molecule has 1 saturated carbocycles. The van der Waals surface area contributed by atoms with Gasteiger partial charge in [-0.25, -0.2) is 0 Å². The van der Waals surface area contributed by atoms with Gasteiger partial charge in [-0.15, -0.1) is 24.5 Å². The van der Waals surface area contributed by atoms with Crippen LogP contribution < -0.4 is 10.1 Å². The fourth-order valence-corrected chi connectivity index (χ4v) is 4.40. The molecule has 29 heavy (non-hydrogen) atoms. The summed E-state index contributed by atoms with van der Waals surface area (Å²) < 4.78 is 40.6. The van der Waals surface area contributed by atoms with E-state index in [4.69, 9.17) is 5.11 Å². The molecule has 0 bridgehead atoms. The second-order valence-corrected chi connectivity index (χ2v) is 8.00. The highest BCUT2D eigenvalue weighted by atomic mass is 32.1. The van der Waals surface area contributed by atoms with Crippen molar-refractivity contribution in [2.75, 3.05) is 5.32 Å². The Morgan fingerprint density at radius 3 is 2.55 bits per heavy atom. The monoisotopic (exact) mass is 427 g/mol. The molecular formula is C20H20F3NO4S. The van der Waals surface area contributed by atoms with Crippen LogP contribution in [0.15, 0.2) is 35.7 Å². The van der Waals surface area contributed by atoms with Gasteiger partial charge in [0, 0.05) is 17.7 Å². The lowest BCUT2D eigenvalue weighted by Crippen LogP contribution is -2.28. The maximum atomic E-state index is 12.5. The van der Waals surface area contributed by atoms with Crippen LogP contribution in [-0.4, -0.2) is 23.3 Å². The zero-order valence-corrected chi connectivity index (χ0v) is 16.2. The SMILES string of the molecule is O=C(O)CC1CCCC(C(=O)Nc2cc(-c3ccc(OC(F)(F)F)cc3)cs2)C1. The number of nitrogens with one attached hydrogen (secondary N) is 1. The van der Waals surface area contributed by atoms with Gasteiger partial charge in [0.25, 0.3) is 0 Å². The first-order valence-corrected chi connectivity index (χ1v) is 10.0. The largest absolute Gasteiger partial charge is 0.573 e. The van der Waals surface area contributed by atoms with Crippen LogP contribution >= 0.6 is 11.3 Å². The van der Waals surface area contributed by atoms with Crippen molar-refractivity contribution in [3.8, 4) is 16.9 Å². The van der Waals surface area contributed by atoms with Crippen LogP contribution in [0.25, 0.3) is 11.1 Å². The molecule has 156 valence electrons. The number of anilines is 1. The quantitative estimate of drug-likeness (QED) is 0.635. The van der Waals surface area contributed by atoms with Crippen molar-refractivity contribution in [3.63, 3.8) is 0 Å². The molecule has 0 aliphatic heterocycles. The standard InChI is InChI=1S/C20H20F3NO4S/c21-20(22,23)28-16-6-4-13(5-7-16)15-10-17(29-11-15)24-19(27)14-3-1-2-12(8-14)9-18(25)26/h4-7,10-12,14H,1-3,8-9H2,(H,24,27)(H,25,26). The Morgan fingerprint density at radius 1 is 1.17 bits per heavy atom. The minimum Gasteiger partial charge on any atom is -0.481 e. The molecule has 1 fully saturated rings. The highest BCUT2D eigenvalue weighted by Crippen LogP contribution is 2.34. The number of alkyl halides is 3. The number of carbonyl (C=O) groups excluding carboxylic acids is 1. The van der Waals surface area contributed by atoms with E-state index in [0.29, 0.717) is 17.0 Å². The fourth-order valence-electron chi connectivity index (χ4n) is 3.59. The van der Waals surface area contributed by atoms with E-state index in [1.54, 1.807) is 6.07 Å². The number of rotatable bonds is 6. The molecule has 9 heteroatoms. The Hall–Kier alpha value is -2.55. The highest BCUT2D eigenvalue weighted by molar-refractivity contribution is 7.14. The van der Waals surface area contributed by atoms with Gasteiger partial charge >= 0.3 is 12.3 Å². The number of benzene rings is 1. The van der Waals surface area contributed by atoms with Crippen molar-refractivity contribution in [1.82, 2.24) is 0 Å². The molecule has 1 amide bonds. The average molecular weight is 427 g/mol. The van der Waals surface area contributed by atoms with Crippen molar-refractivity contribution in [1.29, 1.82) is 0 Å². The second kappa shape index (κ2) is 8.86. The number of thiophene rings is 1. The molecule has 1 aromatic heterocycles. The Bertz CT molecular complexity index is 863. The molecule has 1 aromatic carbocycles. The number of amides is 1. The van der Waals surface area contributed by atoms with Gasteiger partial charge in [-0.3, -0.25) is 9.59 Å². The third-order valence-electron chi connectivity index (χ3n) is 4.88.